The highest BCUT2D eigenvalue weighted by molar-refractivity contribution is 5.91. The van der Waals surface area contributed by atoms with Crippen molar-refractivity contribution in [3.63, 3.8) is 0 Å². The topological polar surface area (TPSA) is 116 Å². The molecule has 1 heterocycles. The number of amides is 3. The molecular weight excluding hydrogens is 350 g/mol. The van der Waals surface area contributed by atoms with Gasteiger partial charge < -0.3 is 15.0 Å². The first kappa shape index (κ1) is 23.1. The third-order valence-electron chi connectivity index (χ3n) is 5.05. The van der Waals surface area contributed by atoms with Gasteiger partial charge in [-0.2, -0.15) is 0 Å². The van der Waals surface area contributed by atoms with E-state index in [2.05, 4.69) is 5.32 Å². The summed E-state index contributed by atoms with van der Waals surface area (Å²) in [6.45, 7) is 6.22. The molecule has 0 aliphatic carbocycles. The number of hydrogen-bond donors (Lipinski definition) is 3. The zero-order chi connectivity index (χ0) is 20.4. The van der Waals surface area contributed by atoms with Gasteiger partial charge in [0.25, 0.3) is 0 Å². The molecule has 3 N–H and O–H groups in total. The van der Waals surface area contributed by atoms with Gasteiger partial charge >= 0.3 is 0 Å². The van der Waals surface area contributed by atoms with Gasteiger partial charge in [-0.25, -0.2) is 5.48 Å². The number of carbonyl (C=O) groups is 4. The van der Waals surface area contributed by atoms with Crippen molar-refractivity contribution < 1.29 is 24.4 Å². The Morgan fingerprint density at radius 1 is 1.26 bits per heavy atom. The van der Waals surface area contributed by atoms with Gasteiger partial charge in [-0.1, -0.05) is 40.0 Å². The predicted octanol–water partition coefficient (Wildman–Crippen LogP) is 1.41. The quantitative estimate of drug-likeness (QED) is 0.216. The molecule has 8 heteroatoms. The number of likely N-dealkylation sites (tertiary alicyclic amines) is 1. The fourth-order valence-corrected chi connectivity index (χ4v) is 3.41. The maximum Gasteiger partial charge on any atom is 0.246 e. The Hall–Kier alpha value is -1.96. The third kappa shape index (κ3) is 6.93. The van der Waals surface area contributed by atoms with Crippen molar-refractivity contribution in [1.82, 2.24) is 15.7 Å². The van der Waals surface area contributed by atoms with E-state index in [9.17, 15) is 19.2 Å². The van der Waals surface area contributed by atoms with Crippen LogP contribution in [0.25, 0.3) is 0 Å². The van der Waals surface area contributed by atoms with Crippen LogP contribution in [0.15, 0.2) is 0 Å². The van der Waals surface area contributed by atoms with Crippen molar-refractivity contribution in [1.29, 1.82) is 0 Å². The van der Waals surface area contributed by atoms with Crippen LogP contribution in [0.1, 0.15) is 65.7 Å². The average molecular weight is 383 g/mol. The van der Waals surface area contributed by atoms with Gasteiger partial charge in [0.2, 0.25) is 17.7 Å². The Bertz CT molecular complexity index is 523. The van der Waals surface area contributed by atoms with E-state index in [-0.39, 0.29) is 24.2 Å². The summed E-state index contributed by atoms with van der Waals surface area (Å²) in [5.74, 6) is -2.02. The molecule has 0 bridgehead atoms. The molecule has 0 aromatic heterocycles. The molecule has 0 spiro atoms. The zero-order valence-corrected chi connectivity index (χ0v) is 16.6. The molecule has 1 fully saturated rings. The van der Waals surface area contributed by atoms with E-state index >= 15 is 0 Å². The van der Waals surface area contributed by atoms with Gasteiger partial charge in [-0.05, 0) is 25.2 Å². The molecule has 27 heavy (non-hydrogen) atoms. The minimum atomic E-state index is -0.746. The van der Waals surface area contributed by atoms with Crippen LogP contribution in [-0.4, -0.2) is 52.7 Å². The monoisotopic (exact) mass is 383 g/mol. The fraction of sp³-hybridized carbons (Fsp3) is 0.789. The second-order valence-corrected chi connectivity index (χ2v) is 7.54. The van der Waals surface area contributed by atoms with Gasteiger partial charge in [-0.3, -0.25) is 19.6 Å². The van der Waals surface area contributed by atoms with E-state index in [0.717, 1.165) is 32.0 Å². The smallest absolute Gasteiger partial charge is 0.246 e. The van der Waals surface area contributed by atoms with Crippen LogP contribution in [0.5, 0.6) is 0 Å². The second kappa shape index (κ2) is 11.7. The summed E-state index contributed by atoms with van der Waals surface area (Å²) >= 11 is 0. The third-order valence-corrected chi connectivity index (χ3v) is 5.05. The largest absolute Gasteiger partial charge is 0.344 e. The van der Waals surface area contributed by atoms with Crippen LogP contribution in [0.3, 0.4) is 0 Å². The molecular formula is C19H33N3O5. The summed E-state index contributed by atoms with van der Waals surface area (Å²) in [5, 5.41) is 11.6. The molecule has 3 atom stereocenters. The number of rotatable bonds is 11. The van der Waals surface area contributed by atoms with Crippen molar-refractivity contribution in [3.05, 3.63) is 0 Å². The molecule has 3 amide bonds. The standard InChI is InChI=1S/C19H33N3O5/c1-4-5-6-8-14(11-16(24)21-27)18(25)20-17(13(2)3)19(26)22-10-7-9-15(22)12-23/h12-15,17,27H,4-11H2,1-3H3,(H,20,25)(H,21,24)/t14-,15-,17-/m0/s1. The lowest BCUT2D eigenvalue weighted by molar-refractivity contribution is -0.141. The number of unbranched alkanes of at least 4 members (excludes halogenated alkanes) is 2. The van der Waals surface area contributed by atoms with Gasteiger partial charge in [0, 0.05) is 18.9 Å². The van der Waals surface area contributed by atoms with E-state index in [4.69, 9.17) is 5.21 Å². The summed E-state index contributed by atoms with van der Waals surface area (Å²) in [6.07, 6.45) is 5.27. The van der Waals surface area contributed by atoms with Gasteiger partial charge in [-0.15, -0.1) is 0 Å². The lowest BCUT2D eigenvalue weighted by Crippen LogP contribution is -2.54. The van der Waals surface area contributed by atoms with Crippen LogP contribution < -0.4 is 10.8 Å². The molecule has 0 aromatic carbocycles. The van der Waals surface area contributed by atoms with Crippen LogP contribution in [-0.2, 0) is 19.2 Å². The van der Waals surface area contributed by atoms with E-state index in [1.165, 1.54) is 4.90 Å². The van der Waals surface area contributed by atoms with Crippen molar-refractivity contribution in [2.45, 2.75) is 77.8 Å². The molecule has 154 valence electrons. The highest BCUT2D eigenvalue weighted by Crippen LogP contribution is 2.20. The molecule has 1 saturated heterocycles. The van der Waals surface area contributed by atoms with Crippen molar-refractivity contribution in [2.75, 3.05) is 6.54 Å². The second-order valence-electron chi connectivity index (χ2n) is 7.54. The molecule has 0 aromatic rings. The van der Waals surface area contributed by atoms with Gasteiger partial charge in [0.1, 0.15) is 12.3 Å². The van der Waals surface area contributed by atoms with Crippen LogP contribution in [0.4, 0.5) is 0 Å². The molecule has 0 unspecified atom stereocenters. The summed E-state index contributed by atoms with van der Waals surface area (Å²) in [7, 11) is 0. The Morgan fingerprint density at radius 3 is 2.52 bits per heavy atom. The summed E-state index contributed by atoms with van der Waals surface area (Å²) < 4.78 is 0. The van der Waals surface area contributed by atoms with Crippen LogP contribution in [0, 0.1) is 11.8 Å². The zero-order valence-electron chi connectivity index (χ0n) is 16.6. The van der Waals surface area contributed by atoms with E-state index in [1.807, 2.05) is 20.8 Å². The van der Waals surface area contributed by atoms with Gasteiger partial charge in [0.15, 0.2) is 0 Å². The highest BCUT2D eigenvalue weighted by Gasteiger charge is 2.36. The summed E-state index contributed by atoms with van der Waals surface area (Å²) in [4.78, 5) is 49.9. The molecule has 8 nitrogen and oxygen atoms in total. The van der Waals surface area contributed by atoms with E-state index < -0.39 is 23.9 Å². The van der Waals surface area contributed by atoms with Gasteiger partial charge in [0.05, 0.1) is 6.04 Å². The highest BCUT2D eigenvalue weighted by atomic mass is 16.5. The minimum Gasteiger partial charge on any atom is -0.344 e. The first-order chi connectivity index (χ1) is 12.8. The molecule has 1 rings (SSSR count). The SMILES string of the molecule is CCCCC[C@@H](CC(=O)NO)C(=O)N[C@H](C(=O)N1CCC[C@H]1C=O)C(C)C. The molecule has 0 radical (unpaired) electrons. The predicted molar refractivity (Wildman–Crippen MR) is 99.7 cm³/mol. The minimum absolute atomic E-state index is 0.133. The van der Waals surface area contributed by atoms with Crippen LogP contribution >= 0.6 is 0 Å². The first-order valence-corrected chi connectivity index (χ1v) is 9.84. The Labute approximate surface area is 161 Å². The van der Waals surface area contributed by atoms with Crippen LogP contribution in [0.2, 0.25) is 0 Å². The maximum atomic E-state index is 12.9. The van der Waals surface area contributed by atoms with Crippen molar-refractivity contribution in [2.24, 2.45) is 11.8 Å². The Balaban J connectivity index is 2.84. The fourth-order valence-electron chi connectivity index (χ4n) is 3.41. The normalized spacial score (nSPS) is 18.9. The van der Waals surface area contributed by atoms with Crippen molar-refractivity contribution >= 4 is 24.0 Å². The number of hydrogen-bond acceptors (Lipinski definition) is 5. The van der Waals surface area contributed by atoms with Crippen molar-refractivity contribution in [3.8, 4) is 0 Å². The summed E-state index contributed by atoms with van der Waals surface area (Å²) in [5.41, 5.74) is 1.56. The number of carbonyl (C=O) groups excluding carboxylic acids is 4. The maximum absolute atomic E-state index is 12.9. The average Bonchev–Trinajstić information content (AvgIpc) is 3.13. The summed E-state index contributed by atoms with van der Waals surface area (Å²) in [6, 6.07) is -1.18. The lowest BCUT2D eigenvalue weighted by Gasteiger charge is -2.30. The van der Waals surface area contributed by atoms with E-state index in [0.29, 0.717) is 19.4 Å². The Kier molecular flexibility index (Phi) is 9.99. The number of hydroxylamine groups is 1. The first-order valence-electron chi connectivity index (χ1n) is 9.84. The Morgan fingerprint density at radius 2 is 1.96 bits per heavy atom. The number of aldehydes is 1. The molecule has 1 aliphatic heterocycles. The lowest BCUT2D eigenvalue weighted by atomic mass is 9.94. The number of nitrogens with one attached hydrogen (secondary N) is 2. The molecule has 0 saturated carbocycles. The number of nitrogens with zero attached hydrogens (tertiary/aromatic N) is 1. The van der Waals surface area contributed by atoms with E-state index in [1.54, 1.807) is 5.48 Å². The molecule has 1 aliphatic rings.